The minimum Gasteiger partial charge on any atom is -0.462 e. The number of nitrogens with zero attached hydrogens (tertiary/aromatic N) is 2. The van der Waals surface area contributed by atoms with E-state index in [9.17, 15) is 9.59 Å². The second-order valence-corrected chi connectivity index (χ2v) is 8.37. The van der Waals surface area contributed by atoms with Crippen LogP contribution >= 0.6 is 31.9 Å². The number of aromatic nitrogens is 2. The van der Waals surface area contributed by atoms with Crippen molar-refractivity contribution < 1.29 is 14.3 Å². The van der Waals surface area contributed by atoms with Gasteiger partial charge in [-0.1, -0.05) is 44.0 Å². The summed E-state index contributed by atoms with van der Waals surface area (Å²) in [6.45, 7) is 2.00. The topological polar surface area (TPSA) is 60.7 Å². The lowest BCUT2D eigenvalue weighted by Crippen LogP contribution is -2.05. The van der Waals surface area contributed by atoms with Crippen molar-refractivity contribution in [3.63, 3.8) is 0 Å². The van der Waals surface area contributed by atoms with Gasteiger partial charge in [0, 0.05) is 20.1 Å². The van der Waals surface area contributed by atoms with E-state index < -0.39 is 5.97 Å². The molecule has 5 nitrogen and oxygen atoms in total. The predicted molar refractivity (Wildman–Crippen MR) is 122 cm³/mol. The number of ketones is 1. The minimum atomic E-state index is -0.474. The summed E-state index contributed by atoms with van der Waals surface area (Å²) in [6, 6.07) is 18.2. The summed E-state index contributed by atoms with van der Waals surface area (Å²) in [6.07, 6.45) is 1.57. The molecule has 30 heavy (non-hydrogen) atoms. The van der Waals surface area contributed by atoms with Crippen LogP contribution in [0.1, 0.15) is 33.3 Å². The van der Waals surface area contributed by atoms with Gasteiger partial charge in [-0.3, -0.25) is 9.20 Å². The maximum Gasteiger partial charge on any atom is 0.340 e. The molecule has 4 rings (SSSR count). The zero-order valence-corrected chi connectivity index (χ0v) is 19.1. The summed E-state index contributed by atoms with van der Waals surface area (Å²) in [7, 11) is 0. The molecule has 0 aliphatic carbocycles. The quantitative estimate of drug-likeness (QED) is 0.238. The number of rotatable bonds is 5. The highest BCUT2D eigenvalue weighted by molar-refractivity contribution is 9.10. The van der Waals surface area contributed by atoms with Crippen LogP contribution in [0.4, 0.5) is 0 Å². The molecule has 0 unspecified atom stereocenters. The lowest BCUT2D eigenvalue weighted by molar-refractivity contribution is 0.0529. The maximum atomic E-state index is 13.1. The highest BCUT2D eigenvalue weighted by atomic mass is 79.9. The number of esters is 1. The van der Waals surface area contributed by atoms with Crippen molar-refractivity contribution in [3.05, 3.63) is 92.8 Å². The van der Waals surface area contributed by atoms with E-state index in [0.29, 0.717) is 28.0 Å². The molecule has 0 atom stereocenters. The predicted octanol–water partition coefficient (Wildman–Crippen LogP) is 5.93. The Morgan fingerprint density at radius 1 is 0.967 bits per heavy atom. The van der Waals surface area contributed by atoms with Crippen molar-refractivity contribution in [2.45, 2.75) is 6.92 Å². The van der Waals surface area contributed by atoms with Gasteiger partial charge in [-0.15, -0.1) is 0 Å². The molecule has 0 saturated carbocycles. The molecule has 0 saturated heterocycles. The highest BCUT2D eigenvalue weighted by Gasteiger charge is 2.22. The number of hydrogen-bond donors (Lipinski definition) is 0. The van der Waals surface area contributed by atoms with Crippen LogP contribution in [0.2, 0.25) is 0 Å². The van der Waals surface area contributed by atoms with E-state index in [2.05, 4.69) is 36.8 Å². The first-order valence-electron chi connectivity index (χ1n) is 9.22. The molecule has 0 aliphatic rings. The Balaban J connectivity index is 1.87. The zero-order chi connectivity index (χ0) is 21.3. The first-order chi connectivity index (χ1) is 14.5. The number of ether oxygens (including phenoxy) is 1. The first kappa shape index (κ1) is 20.5. The van der Waals surface area contributed by atoms with E-state index in [-0.39, 0.29) is 12.4 Å². The van der Waals surface area contributed by atoms with Crippen LogP contribution in [-0.4, -0.2) is 27.7 Å². The van der Waals surface area contributed by atoms with Gasteiger partial charge in [0.15, 0.2) is 0 Å². The van der Waals surface area contributed by atoms with Crippen molar-refractivity contribution in [2.24, 2.45) is 0 Å². The molecule has 0 bridgehead atoms. The second kappa shape index (κ2) is 8.53. The van der Waals surface area contributed by atoms with Gasteiger partial charge in [-0.2, -0.15) is 0 Å². The Morgan fingerprint density at radius 2 is 1.60 bits per heavy atom. The van der Waals surface area contributed by atoms with E-state index in [4.69, 9.17) is 4.74 Å². The molecule has 0 amide bonds. The molecule has 4 aromatic rings. The van der Waals surface area contributed by atoms with Crippen LogP contribution < -0.4 is 0 Å². The second-order valence-electron chi connectivity index (χ2n) is 6.54. The molecular formula is C23H16Br2N2O3. The van der Waals surface area contributed by atoms with Crippen LogP contribution in [0.3, 0.4) is 0 Å². The normalized spacial score (nSPS) is 10.9. The molecule has 7 heteroatoms. The molecule has 150 valence electrons. The Bertz CT molecular complexity index is 1250. The molecule has 0 radical (unpaired) electrons. The average Bonchev–Trinajstić information content (AvgIpc) is 3.13. The standard InChI is InChI=1S/C23H16Br2N2O3/c1-2-30-23(29)18-11-21(22(28)15-5-9-17(25)10-6-15)27-13-26-19(12-20(18)27)14-3-7-16(24)8-4-14/h3-13H,2H2,1H3. The van der Waals surface area contributed by atoms with Gasteiger partial charge < -0.3 is 4.74 Å². The Morgan fingerprint density at radius 3 is 2.23 bits per heavy atom. The highest BCUT2D eigenvalue weighted by Crippen LogP contribution is 2.26. The van der Waals surface area contributed by atoms with Crippen molar-refractivity contribution in [2.75, 3.05) is 6.61 Å². The van der Waals surface area contributed by atoms with Gasteiger partial charge in [0.25, 0.3) is 0 Å². The number of hydrogen-bond acceptors (Lipinski definition) is 4. The fourth-order valence-electron chi connectivity index (χ4n) is 3.17. The van der Waals surface area contributed by atoms with Gasteiger partial charge in [-0.25, -0.2) is 9.78 Å². The third-order valence-corrected chi connectivity index (χ3v) is 5.69. The largest absolute Gasteiger partial charge is 0.462 e. The first-order valence-corrected chi connectivity index (χ1v) is 10.8. The van der Waals surface area contributed by atoms with E-state index in [1.807, 2.05) is 24.3 Å². The molecule has 0 spiro atoms. The molecule has 2 aromatic carbocycles. The minimum absolute atomic E-state index is 0.203. The van der Waals surface area contributed by atoms with E-state index in [1.54, 1.807) is 54.0 Å². The fourth-order valence-corrected chi connectivity index (χ4v) is 3.70. The summed E-state index contributed by atoms with van der Waals surface area (Å²) in [4.78, 5) is 30.2. The maximum absolute atomic E-state index is 13.1. The van der Waals surface area contributed by atoms with Gasteiger partial charge >= 0.3 is 5.97 Å². The van der Waals surface area contributed by atoms with Crippen LogP contribution in [0, 0.1) is 0 Å². The molecule has 2 heterocycles. The van der Waals surface area contributed by atoms with E-state index in [1.165, 1.54) is 0 Å². The number of halogens is 2. The smallest absolute Gasteiger partial charge is 0.340 e. The average molecular weight is 528 g/mol. The van der Waals surface area contributed by atoms with Crippen LogP contribution in [0.25, 0.3) is 16.8 Å². The van der Waals surface area contributed by atoms with Crippen molar-refractivity contribution in [1.82, 2.24) is 9.38 Å². The molecule has 0 aliphatic heterocycles. The lowest BCUT2D eigenvalue weighted by atomic mass is 10.1. The summed E-state index contributed by atoms with van der Waals surface area (Å²) in [5, 5.41) is 0. The monoisotopic (exact) mass is 526 g/mol. The third-order valence-electron chi connectivity index (χ3n) is 4.64. The third kappa shape index (κ3) is 3.95. The zero-order valence-electron chi connectivity index (χ0n) is 15.9. The summed E-state index contributed by atoms with van der Waals surface area (Å²) >= 11 is 6.80. The summed E-state index contributed by atoms with van der Waals surface area (Å²) < 4.78 is 8.70. The van der Waals surface area contributed by atoms with Gasteiger partial charge in [0.1, 0.15) is 6.33 Å². The van der Waals surface area contributed by atoms with Gasteiger partial charge in [0.2, 0.25) is 5.78 Å². The van der Waals surface area contributed by atoms with Crippen molar-refractivity contribution in [3.8, 4) is 11.3 Å². The number of fused-ring (bicyclic) bond motifs is 1. The fraction of sp³-hybridized carbons (Fsp3) is 0.0870. The SMILES string of the molecule is CCOC(=O)c1cc(C(=O)c2ccc(Br)cc2)n2cnc(-c3ccc(Br)cc3)cc12. The lowest BCUT2D eigenvalue weighted by Gasteiger charge is -2.06. The van der Waals surface area contributed by atoms with Gasteiger partial charge in [-0.05, 0) is 55.5 Å². The number of carbonyl (C=O) groups is 2. The summed E-state index contributed by atoms with van der Waals surface area (Å²) in [5.41, 5.74) is 3.37. The van der Waals surface area contributed by atoms with Gasteiger partial charge in [0.05, 0.1) is 29.1 Å². The number of carbonyl (C=O) groups excluding carboxylic acids is 2. The van der Waals surface area contributed by atoms with Crippen molar-refractivity contribution in [1.29, 1.82) is 0 Å². The van der Waals surface area contributed by atoms with Crippen LogP contribution in [-0.2, 0) is 4.74 Å². The van der Waals surface area contributed by atoms with Crippen LogP contribution in [0.5, 0.6) is 0 Å². The molecular weight excluding hydrogens is 512 g/mol. The Hall–Kier alpha value is -2.77. The molecule has 0 fully saturated rings. The Kier molecular flexibility index (Phi) is 5.83. The van der Waals surface area contributed by atoms with Crippen molar-refractivity contribution >= 4 is 49.1 Å². The van der Waals surface area contributed by atoms with E-state index in [0.717, 1.165) is 14.5 Å². The Labute approximate surface area is 190 Å². The van der Waals surface area contributed by atoms with E-state index >= 15 is 0 Å². The van der Waals surface area contributed by atoms with Crippen LogP contribution in [0.15, 0.2) is 75.9 Å². The summed E-state index contributed by atoms with van der Waals surface area (Å²) in [5.74, 6) is -0.677. The number of benzene rings is 2. The molecule has 0 N–H and O–H groups in total. The molecule has 2 aromatic heterocycles.